The minimum absolute atomic E-state index is 0.0280. The van der Waals surface area contributed by atoms with Crippen LogP contribution < -0.4 is 29.6 Å². The second-order valence-corrected chi connectivity index (χ2v) is 10.4. The Kier molecular flexibility index (Phi) is 11.3. The molecule has 0 aromatic heterocycles. The molecule has 0 radical (unpaired) electrons. The highest BCUT2D eigenvalue weighted by atomic mass is 35.5. The summed E-state index contributed by atoms with van der Waals surface area (Å²) >= 11 is 5.73. The van der Waals surface area contributed by atoms with Gasteiger partial charge in [-0.1, -0.05) is 60.7 Å². The second kappa shape index (κ2) is 16.2. The molecule has 4 aromatic carbocycles. The number of fused-ring (bicyclic) bond motifs is 4. The van der Waals surface area contributed by atoms with Gasteiger partial charge < -0.3 is 34.3 Å². The molecule has 1 heterocycles. The van der Waals surface area contributed by atoms with Crippen LogP contribution in [0.5, 0.6) is 23.0 Å². The van der Waals surface area contributed by atoms with Crippen molar-refractivity contribution in [2.45, 2.75) is 19.3 Å². The summed E-state index contributed by atoms with van der Waals surface area (Å²) in [4.78, 5) is 38.3. The largest absolute Gasteiger partial charge is 0.489 e. The first-order valence-electron chi connectivity index (χ1n) is 14.7. The van der Waals surface area contributed by atoms with Gasteiger partial charge in [-0.3, -0.25) is 14.4 Å². The molecule has 1 aliphatic rings. The lowest BCUT2D eigenvalue weighted by atomic mass is 10.1. The lowest BCUT2D eigenvalue weighted by molar-refractivity contribution is -0.149. The summed E-state index contributed by atoms with van der Waals surface area (Å²) in [6, 6.07) is 28.3. The molecule has 2 amide bonds. The molecule has 0 saturated heterocycles. The van der Waals surface area contributed by atoms with Crippen molar-refractivity contribution >= 4 is 29.4 Å². The molecule has 0 aliphatic carbocycles. The fraction of sp³-hybridized carbons (Fsp3) is 0.229. The van der Waals surface area contributed by atoms with Gasteiger partial charge in [0.25, 0.3) is 11.8 Å². The first kappa shape index (κ1) is 32.2. The molecular weight excluding hydrogens is 612 g/mol. The predicted molar refractivity (Wildman–Crippen MR) is 171 cm³/mol. The molecule has 0 atom stereocenters. The summed E-state index contributed by atoms with van der Waals surface area (Å²) in [5, 5.41) is 5.66. The zero-order valence-electron chi connectivity index (χ0n) is 24.9. The molecule has 4 aromatic rings. The van der Waals surface area contributed by atoms with Crippen LogP contribution in [0, 0.1) is 0 Å². The van der Waals surface area contributed by atoms with E-state index >= 15 is 0 Å². The molecule has 46 heavy (non-hydrogen) atoms. The van der Waals surface area contributed by atoms with Crippen molar-refractivity contribution in [2.75, 3.05) is 32.2 Å². The lowest BCUT2D eigenvalue weighted by Crippen LogP contribution is -2.35. The summed E-state index contributed by atoms with van der Waals surface area (Å²) in [5.74, 6) is 0.141. The molecule has 1 aliphatic heterocycles. The van der Waals surface area contributed by atoms with Crippen molar-refractivity contribution in [1.82, 2.24) is 10.6 Å². The minimum Gasteiger partial charge on any atom is -0.489 e. The Labute approximate surface area is 271 Å². The predicted octanol–water partition coefficient (Wildman–Crippen LogP) is 4.93. The third kappa shape index (κ3) is 8.70. The number of rotatable bonds is 2. The van der Waals surface area contributed by atoms with E-state index in [-0.39, 0.29) is 57.2 Å². The highest BCUT2D eigenvalue weighted by molar-refractivity contribution is 6.26. The summed E-state index contributed by atoms with van der Waals surface area (Å²) in [5.41, 5.74) is 2.11. The molecule has 2 N–H and O–H groups in total. The topological polar surface area (TPSA) is 121 Å². The molecule has 0 unspecified atom stereocenters. The zero-order valence-corrected chi connectivity index (χ0v) is 25.7. The molecule has 10 nitrogen and oxygen atoms in total. The van der Waals surface area contributed by atoms with Crippen LogP contribution in [-0.4, -0.2) is 56.1 Å². The molecule has 0 saturated carbocycles. The number of amides is 2. The molecule has 0 spiro atoms. The van der Waals surface area contributed by atoms with E-state index in [0.717, 1.165) is 0 Å². The van der Waals surface area contributed by atoms with Crippen LogP contribution >= 0.6 is 11.6 Å². The van der Waals surface area contributed by atoms with Gasteiger partial charge in [0.15, 0.2) is 6.10 Å². The van der Waals surface area contributed by atoms with E-state index in [4.69, 9.17) is 35.3 Å². The van der Waals surface area contributed by atoms with E-state index in [9.17, 15) is 14.4 Å². The number of halogens is 1. The number of alkyl halides is 1. The third-order valence-electron chi connectivity index (χ3n) is 6.93. The fourth-order valence-corrected chi connectivity index (χ4v) is 4.70. The lowest BCUT2D eigenvalue weighted by Gasteiger charge is -2.21. The molecule has 0 bridgehead atoms. The van der Waals surface area contributed by atoms with E-state index in [1.165, 1.54) is 0 Å². The van der Waals surface area contributed by atoms with Gasteiger partial charge in [0, 0.05) is 24.2 Å². The van der Waals surface area contributed by atoms with Crippen molar-refractivity contribution in [3.63, 3.8) is 0 Å². The first-order chi connectivity index (χ1) is 22.5. The number of esters is 1. The van der Waals surface area contributed by atoms with Gasteiger partial charge in [0.05, 0.1) is 11.1 Å². The van der Waals surface area contributed by atoms with Gasteiger partial charge in [0.2, 0.25) is 0 Å². The summed E-state index contributed by atoms with van der Waals surface area (Å²) in [6.07, 6.45) is -0.801. The van der Waals surface area contributed by atoms with Crippen molar-refractivity contribution in [1.29, 1.82) is 0 Å². The number of benzene rings is 4. The normalized spacial score (nSPS) is 14.9. The number of hydrogen-bond acceptors (Lipinski definition) is 8. The highest BCUT2D eigenvalue weighted by Gasteiger charge is 2.20. The summed E-state index contributed by atoms with van der Waals surface area (Å²) in [7, 11) is 0. The number of ether oxygens (including phenoxy) is 5. The van der Waals surface area contributed by atoms with Gasteiger partial charge in [-0.15, -0.1) is 11.6 Å². The second-order valence-electron chi connectivity index (χ2n) is 10.2. The van der Waals surface area contributed by atoms with Crippen LogP contribution in [0.3, 0.4) is 0 Å². The molecule has 238 valence electrons. The molecular formula is C35H33ClN2O8. The highest BCUT2D eigenvalue weighted by Crippen LogP contribution is 2.26. The number of nitrogens with one attached hydrogen (secondary N) is 2. The van der Waals surface area contributed by atoms with Crippen molar-refractivity contribution in [2.24, 2.45) is 0 Å². The molecule has 0 fully saturated rings. The van der Waals surface area contributed by atoms with Crippen LogP contribution in [-0.2, 0) is 22.7 Å². The monoisotopic (exact) mass is 644 g/mol. The Morgan fingerprint density at radius 2 is 1.04 bits per heavy atom. The Morgan fingerprint density at radius 3 is 1.50 bits per heavy atom. The Hall–Kier alpha value is -5.22. The van der Waals surface area contributed by atoms with Crippen molar-refractivity contribution < 1.29 is 38.1 Å². The standard InChI is InChI=1S/C35H33ClN2O8/c36-19-33(39)46-26-22-44-29-13-5-1-9-24(29)20-42-31-15-7-3-11-27(31)34(40)37-17-18-38-35(41)28-12-4-8-16-32(28)43-21-25-10-2-6-14-30(25)45-23-26/h1-16,26H,17-23H2,(H,37,40)(H,38,41). The van der Waals surface area contributed by atoms with Gasteiger partial charge in [-0.2, -0.15) is 0 Å². The smallest absolute Gasteiger partial charge is 0.321 e. The Morgan fingerprint density at radius 1 is 0.630 bits per heavy atom. The van der Waals surface area contributed by atoms with Gasteiger partial charge >= 0.3 is 5.97 Å². The maximum absolute atomic E-state index is 13.0. The number of hydrogen-bond donors (Lipinski definition) is 2. The van der Waals surface area contributed by atoms with E-state index in [1.54, 1.807) is 60.7 Å². The van der Waals surface area contributed by atoms with Crippen LogP contribution in [0.25, 0.3) is 0 Å². The van der Waals surface area contributed by atoms with E-state index in [2.05, 4.69) is 10.6 Å². The molecule has 11 heteroatoms. The zero-order chi connectivity index (χ0) is 32.1. The van der Waals surface area contributed by atoms with Crippen molar-refractivity contribution in [3.05, 3.63) is 119 Å². The van der Waals surface area contributed by atoms with Gasteiger partial charge in [0.1, 0.15) is 55.3 Å². The van der Waals surface area contributed by atoms with E-state index in [1.807, 2.05) is 36.4 Å². The van der Waals surface area contributed by atoms with E-state index in [0.29, 0.717) is 45.3 Å². The van der Waals surface area contributed by atoms with E-state index < -0.39 is 12.1 Å². The number of para-hydroxylation sites is 4. The minimum atomic E-state index is -0.801. The number of carbonyl (C=O) groups excluding carboxylic acids is 3. The van der Waals surface area contributed by atoms with Gasteiger partial charge in [-0.25, -0.2) is 0 Å². The SMILES string of the molecule is O=C(CCl)OC1COc2ccccc2COc2ccccc2C(=O)NCCNC(=O)c2ccccc2OCc2ccccc2OC1. The molecule has 5 rings (SSSR count). The van der Waals surface area contributed by atoms with Crippen LogP contribution in [0.15, 0.2) is 97.1 Å². The average molecular weight is 645 g/mol. The Balaban J connectivity index is 1.42. The summed E-state index contributed by atoms with van der Waals surface area (Å²) < 4.78 is 29.8. The van der Waals surface area contributed by atoms with Crippen LogP contribution in [0.2, 0.25) is 0 Å². The van der Waals surface area contributed by atoms with Crippen LogP contribution in [0.1, 0.15) is 31.8 Å². The third-order valence-corrected chi connectivity index (χ3v) is 7.15. The van der Waals surface area contributed by atoms with Gasteiger partial charge in [-0.05, 0) is 36.4 Å². The number of carbonyl (C=O) groups is 3. The maximum atomic E-state index is 13.0. The maximum Gasteiger partial charge on any atom is 0.321 e. The van der Waals surface area contributed by atoms with Crippen molar-refractivity contribution in [3.8, 4) is 23.0 Å². The first-order valence-corrected chi connectivity index (χ1v) is 15.2. The summed E-state index contributed by atoms with van der Waals surface area (Å²) in [6.45, 7) is 0.537. The fourth-order valence-electron chi connectivity index (χ4n) is 4.64. The quantitative estimate of drug-likeness (QED) is 0.233. The van der Waals surface area contributed by atoms with Crippen LogP contribution in [0.4, 0.5) is 0 Å². The average Bonchev–Trinajstić information content (AvgIpc) is 3.09. The Bertz CT molecular complexity index is 1550.